The topological polar surface area (TPSA) is 76.9 Å². The van der Waals surface area contributed by atoms with E-state index in [1.807, 2.05) is 68.4 Å². The number of carbonyl (C=O) groups excluding carboxylic acids is 1. The third-order valence-corrected chi connectivity index (χ3v) is 5.27. The first-order valence-electron chi connectivity index (χ1n) is 10.3. The Hall–Kier alpha value is -3.80. The number of amides is 1. The first kappa shape index (κ1) is 20.5. The van der Waals surface area contributed by atoms with E-state index in [1.165, 1.54) is 0 Å². The normalized spacial score (nSPS) is 11.9. The maximum absolute atomic E-state index is 13.3. The summed E-state index contributed by atoms with van der Waals surface area (Å²) >= 11 is 0. The van der Waals surface area contributed by atoms with Crippen molar-refractivity contribution in [1.29, 1.82) is 0 Å². The molecule has 0 radical (unpaired) electrons. The molecule has 0 saturated heterocycles. The highest BCUT2D eigenvalue weighted by Crippen LogP contribution is 2.16. The van der Waals surface area contributed by atoms with Crippen LogP contribution >= 0.6 is 0 Å². The maximum atomic E-state index is 13.3. The molecule has 156 valence electrons. The molecule has 2 aromatic carbocycles. The van der Waals surface area contributed by atoms with E-state index in [2.05, 4.69) is 10.3 Å². The van der Waals surface area contributed by atoms with E-state index < -0.39 is 0 Å². The lowest BCUT2D eigenvalue weighted by atomic mass is 10.1. The molecule has 0 fully saturated rings. The fourth-order valence-corrected chi connectivity index (χ4v) is 3.56. The van der Waals surface area contributed by atoms with Crippen molar-refractivity contribution in [3.05, 3.63) is 100 Å². The molecule has 6 heteroatoms. The van der Waals surface area contributed by atoms with Crippen molar-refractivity contribution in [1.82, 2.24) is 19.9 Å². The van der Waals surface area contributed by atoms with Crippen molar-refractivity contribution >= 4 is 16.8 Å². The van der Waals surface area contributed by atoms with Crippen molar-refractivity contribution < 1.29 is 4.79 Å². The van der Waals surface area contributed by atoms with Gasteiger partial charge in [0.05, 0.1) is 22.6 Å². The van der Waals surface area contributed by atoms with Crippen LogP contribution in [0.15, 0.2) is 77.9 Å². The Morgan fingerprint density at radius 1 is 1.06 bits per heavy atom. The monoisotopic (exact) mass is 412 g/mol. The molecule has 6 nitrogen and oxygen atoms in total. The molecule has 0 aliphatic rings. The number of fused-ring (bicyclic) bond motifs is 1. The van der Waals surface area contributed by atoms with Crippen LogP contribution in [0.4, 0.5) is 0 Å². The molecule has 0 aliphatic heterocycles. The second kappa shape index (κ2) is 8.92. The largest absolute Gasteiger partial charge is 0.350 e. The number of carbonyl (C=O) groups is 1. The molecule has 2 aromatic heterocycles. The summed E-state index contributed by atoms with van der Waals surface area (Å²) in [6.07, 6.45) is 4.01. The number of benzene rings is 2. The molecule has 0 aliphatic carbocycles. The zero-order valence-electron chi connectivity index (χ0n) is 17.6. The van der Waals surface area contributed by atoms with Gasteiger partial charge >= 0.3 is 0 Å². The quantitative estimate of drug-likeness (QED) is 0.521. The summed E-state index contributed by atoms with van der Waals surface area (Å²) in [6.45, 7) is 3.92. The van der Waals surface area contributed by atoms with Crippen LogP contribution in [0.3, 0.4) is 0 Å². The van der Waals surface area contributed by atoms with E-state index in [4.69, 9.17) is 4.98 Å². The molecule has 1 atom stereocenters. The highest BCUT2D eigenvalue weighted by atomic mass is 16.1. The number of rotatable bonds is 6. The van der Waals surface area contributed by atoms with Gasteiger partial charge in [-0.15, -0.1) is 0 Å². The minimum absolute atomic E-state index is 0.103. The summed E-state index contributed by atoms with van der Waals surface area (Å²) in [5.74, 6) is 0.464. The smallest absolute Gasteiger partial charge is 0.265 e. The number of aromatic nitrogens is 3. The highest BCUT2D eigenvalue weighted by molar-refractivity contribution is 5.78. The van der Waals surface area contributed by atoms with Crippen molar-refractivity contribution in [2.45, 2.75) is 32.7 Å². The van der Waals surface area contributed by atoms with Crippen molar-refractivity contribution in [2.75, 3.05) is 0 Å². The van der Waals surface area contributed by atoms with Gasteiger partial charge in [-0.05, 0) is 49.7 Å². The van der Waals surface area contributed by atoms with E-state index >= 15 is 0 Å². The van der Waals surface area contributed by atoms with Gasteiger partial charge in [-0.3, -0.25) is 19.1 Å². The number of aryl methyl sites for hydroxylation is 2. The Morgan fingerprint density at radius 3 is 2.58 bits per heavy atom. The van der Waals surface area contributed by atoms with Gasteiger partial charge in [0, 0.05) is 25.2 Å². The first-order valence-corrected chi connectivity index (χ1v) is 10.3. The van der Waals surface area contributed by atoms with E-state index in [-0.39, 0.29) is 23.9 Å². The zero-order chi connectivity index (χ0) is 21.8. The first-order chi connectivity index (χ1) is 15.0. The number of para-hydroxylation sites is 1. The van der Waals surface area contributed by atoms with Gasteiger partial charge in [0.1, 0.15) is 5.82 Å². The van der Waals surface area contributed by atoms with Crippen LogP contribution in [0.25, 0.3) is 16.6 Å². The Balaban J connectivity index is 1.62. The van der Waals surface area contributed by atoms with E-state index in [0.29, 0.717) is 23.1 Å². The molecule has 0 spiro atoms. The molecule has 1 N–H and O–H groups in total. The predicted molar refractivity (Wildman–Crippen MR) is 121 cm³/mol. The molecule has 2 heterocycles. The standard InChI is InChI=1S/C25H24N4O2/c1-17-9-11-20(12-10-17)29-23(28-22-8-4-3-7-21(22)25(29)31)13-14-24(30)27-18(2)19-6-5-15-26-16-19/h3-12,15-16,18H,13-14H2,1-2H3,(H,27,30)/t18-/m1/s1. The lowest BCUT2D eigenvalue weighted by molar-refractivity contribution is -0.121. The van der Waals surface area contributed by atoms with E-state index in [0.717, 1.165) is 16.8 Å². The number of nitrogens with one attached hydrogen (secondary N) is 1. The molecule has 4 aromatic rings. The molecule has 0 bridgehead atoms. The van der Waals surface area contributed by atoms with Crippen molar-refractivity contribution in [3.63, 3.8) is 0 Å². The Kier molecular flexibility index (Phi) is 5.89. The van der Waals surface area contributed by atoms with Crippen LogP contribution in [0.2, 0.25) is 0 Å². The van der Waals surface area contributed by atoms with Gasteiger partial charge in [-0.25, -0.2) is 4.98 Å². The molecule has 31 heavy (non-hydrogen) atoms. The summed E-state index contributed by atoms with van der Waals surface area (Å²) < 4.78 is 1.61. The predicted octanol–water partition coefficient (Wildman–Crippen LogP) is 3.90. The van der Waals surface area contributed by atoms with Gasteiger partial charge in [0.25, 0.3) is 5.56 Å². The third kappa shape index (κ3) is 4.53. The number of nitrogens with zero attached hydrogens (tertiary/aromatic N) is 3. The van der Waals surface area contributed by atoms with Gasteiger partial charge in [0.2, 0.25) is 5.91 Å². The molecular formula is C25H24N4O2. The Morgan fingerprint density at radius 2 is 1.84 bits per heavy atom. The van der Waals surface area contributed by atoms with Crippen molar-refractivity contribution in [2.24, 2.45) is 0 Å². The van der Waals surface area contributed by atoms with Crippen LogP contribution in [-0.2, 0) is 11.2 Å². The Labute approximate surface area is 180 Å². The fraction of sp³-hybridized carbons (Fsp3) is 0.200. The van der Waals surface area contributed by atoms with Gasteiger partial charge < -0.3 is 5.32 Å². The third-order valence-electron chi connectivity index (χ3n) is 5.27. The summed E-state index contributed by atoms with van der Waals surface area (Å²) in [5, 5.41) is 3.55. The second-order valence-corrected chi connectivity index (χ2v) is 7.60. The average molecular weight is 412 g/mol. The fourth-order valence-electron chi connectivity index (χ4n) is 3.56. The lowest BCUT2D eigenvalue weighted by Gasteiger charge is -2.16. The van der Waals surface area contributed by atoms with Crippen LogP contribution in [0.1, 0.15) is 36.3 Å². The summed E-state index contributed by atoms with van der Waals surface area (Å²) in [4.78, 5) is 34.7. The SMILES string of the molecule is Cc1ccc(-n2c(CCC(=O)N[C@H](C)c3cccnc3)nc3ccccc3c2=O)cc1. The second-order valence-electron chi connectivity index (χ2n) is 7.60. The number of hydrogen-bond donors (Lipinski definition) is 1. The number of pyridine rings is 1. The minimum Gasteiger partial charge on any atom is -0.350 e. The molecular weight excluding hydrogens is 388 g/mol. The van der Waals surface area contributed by atoms with E-state index in [1.54, 1.807) is 23.0 Å². The molecule has 0 unspecified atom stereocenters. The minimum atomic E-state index is -0.148. The molecule has 4 rings (SSSR count). The van der Waals surface area contributed by atoms with Crippen molar-refractivity contribution in [3.8, 4) is 5.69 Å². The molecule has 1 amide bonds. The summed E-state index contributed by atoms with van der Waals surface area (Å²) in [7, 11) is 0. The molecule has 0 saturated carbocycles. The van der Waals surface area contributed by atoms with Gasteiger partial charge in [0.15, 0.2) is 0 Å². The van der Waals surface area contributed by atoms with Crippen LogP contribution in [-0.4, -0.2) is 20.4 Å². The lowest BCUT2D eigenvalue weighted by Crippen LogP contribution is -2.29. The Bertz CT molecular complexity index is 1260. The van der Waals surface area contributed by atoms with Crippen LogP contribution < -0.4 is 10.9 Å². The summed E-state index contributed by atoms with van der Waals surface area (Å²) in [5.41, 5.74) is 3.30. The highest BCUT2D eigenvalue weighted by Gasteiger charge is 2.15. The van der Waals surface area contributed by atoms with E-state index in [9.17, 15) is 9.59 Å². The van der Waals surface area contributed by atoms with Crippen LogP contribution in [0, 0.1) is 6.92 Å². The summed E-state index contributed by atoms with van der Waals surface area (Å²) in [6, 6.07) is 18.6. The maximum Gasteiger partial charge on any atom is 0.265 e. The van der Waals surface area contributed by atoms with Gasteiger partial charge in [-0.2, -0.15) is 0 Å². The zero-order valence-corrected chi connectivity index (χ0v) is 17.6. The van der Waals surface area contributed by atoms with Crippen LogP contribution in [0.5, 0.6) is 0 Å². The average Bonchev–Trinajstić information content (AvgIpc) is 2.79. The van der Waals surface area contributed by atoms with Gasteiger partial charge in [-0.1, -0.05) is 35.9 Å². The number of hydrogen-bond acceptors (Lipinski definition) is 4.